The van der Waals surface area contributed by atoms with Crippen molar-refractivity contribution in [1.82, 2.24) is 9.69 Å². The van der Waals surface area contributed by atoms with Gasteiger partial charge in [0.2, 0.25) is 5.91 Å². The van der Waals surface area contributed by atoms with Crippen LogP contribution in [0.3, 0.4) is 0 Å². The molecule has 11 heteroatoms. The summed E-state index contributed by atoms with van der Waals surface area (Å²) >= 11 is 0.771. The molecule has 0 aliphatic heterocycles. The van der Waals surface area contributed by atoms with Crippen LogP contribution in [0.5, 0.6) is 11.5 Å². The molecule has 33 heavy (non-hydrogen) atoms. The molecule has 10 nitrogen and oxygen atoms in total. The number of amides is 3. The summed E-state index contributed by atoms with van der Waals surface area (Å²) in [6.45, 7) is 1.82. The lowest BCUT2D eigenvalue weighted by atomic mass is 10.1. The Morgan fingerprint density at radius 3 is 2.42 bits per heavy atom. The fraction of sp³-hybridized carbons (Fsp3) is 0.455. The van der Waals surface area contributed by atoms with Crippen LogP contribution in [-0.4, -0.2) is 48.4 Å². The first-order valence-electron chi connectivity index (χ1n) is 10.7. The first-order valence-corrected chi connectivity index (χ1v) is 11.5. The number of nitrogen functional groups attached to an aromatic ring is 1. The predicted molar refractivity (Wildman–Crippen MR) is 126 cm³/mol. The zero-order chi connectivity index (χ0) is 24.1. The van der Waals surface area contributed by atoms with Crippen LogP contribution >= 0.6 is 11.5 Å². The average molecular weight is 476 g/mol. The quantitative estimate of drug-likeness (QED) is 0.504. The largest absolute Gasteiger partial charge is 0.493 e. The third-order valence-electron chi connectivity index (χ3n) is 5.72. The molecule has 1 aliphatic carbocycles. The molecule has 178 valence electrons. The van der Waals surface area contributed by atoms with E-state index in [0.29, 0.717) is 23.6 Å². The van der Waals surface area contributed by atoms with Crippen LogP contribution < -0.4 is 31.2 Å². The van der Waals surface area contributed by atoms with Gasteiger partial charge in [-0.1, -0.05) is 19.8 Å². The van der Waals surface area contributed by atoms with Gasteiger partial charge in [-0.3, -0.25) is 19.3 Å². The van der Waals surface area contributed by atoms with Gasteiger partial charge in [-0.25, -0.2) is 0 Å². The normalized spacial score (nSPS) is 14.5. The minimum Gasteiger partial charge on any atom is -0.493 e. The van der Waals surface area contributed by atoms with Gasteiger partial charge in [-0.2, -0.15) is 4.37 Å². The summed E-state index contributed by atoms with van der Waals surface area (Å²) in [6, 6.07) is 4.20. The van der Waals surface area contributed by atoms with E-state index in [1.165, 1.54) is 19.1 Å². The maximum absolute atomic E-state index is 13.7. The van der Waals surface area contributed by atoms with E-state index in [9.17, 15) is 14.4 Å². The highest BCUT2D eigenvalue weighted by atomic mass is 32.1. The van der Waals surface area contributed by atoms with Gasteiger partial charge in [0.05, 0.1) is 19.9 Å². The number of carbonyl (C=O) groups is 3. The molecule has 0 unspecified atom stereocenters. The number of hydrogen-bond donors (Lipinski definition) is 3. The van der Waals surface area contributed by atoms with Gasteiger partial charge in [0.25, 0.3) is 11.8 Å². The number of nitrogens with one attached hydrogen (secondary N) is 1. The number of anilines is 2. The average Bonchev–Trinajstić information content (AvgIpc) is 3.45. The van der Waals surface area contributed by atoms with Gasteiger partial charge in [-0.05, 0) is 42.9 Å². The molecule has 1 atom stereocenters. The number of aromatic nitrogens is 1. The van der Waals surface area contributed by atoms with Gasteiger partial charge in [0.15, 0.2) is 17.2 Å². The van der Waals surface area contributed by atoms with Crippen LogP contribution in [0.1, 0.15) is 59.2 Å². The van der Waals surface area contributed by atoms with Crippen LogP contribution in [0.4, 0.5) is 11.4 Å². The Balaban J connectivity index is 2.06. The Labute approximate surface area is 196 Å². The van der Waals surface area contributed by atoms with Crippen LogP contribution in [0, 0.1) is 0 Å². The highest BCUT2D eigenvalue weighted by Gasteiger charge is 2.35. The lowest BCUT2D eigenvalue weighted by molar-refractivity contribution is -0.123. The van der Waals surface area contributed by atoms with Crippen LogP contribution in [0.2, 0.25) is 0 Å². The third-order valence-corrected chi connectivity index (χ3v) is 6.57. The topological polar surface area (TPSA) is 150 Å². The summed E-state index contributed by atoms with van der Waals surface area (Å²) in [7, 11) is 2.99. The molecule has 0 spiro atoms. The molecule has 1 heterocycles. The number of carbonyl (C=O) groups excluding carboxylic acids is 3. The number of nitrogens with two attached hydrogens (primary N) is 2. The lowest BCUT2D eigenvalue weighted by Crippen LogP contribution is -2.51. The lowest BCUT2D eigenvalue weighted by Gasteiger charge is -2.31. The minimum absolute atomic E-state index is 0.0331. The summed E-state index contributed by atoms with van der Waals surface area (Å²) in [6.07, 6.45) is 4.30. The number of primary amides is 1. The van der Waals surface area contributed by atoms with E-state index in [1.807, 2.05) is 6.92 Å². The van der Waals surface area contributed by atoms with Crippen molar-refractivity contribution in [2.75, 3.05) is 24.9 Å². The Bertz CT molecular complexity index is 1030. The maximum atomic E-state index is 13.7. The summed E-state index contributed by atoms with van der Waals surface area (Å²) in [5.41, 5.74) is 11.5. The number of nitrogens with zero attached hydrogens (tertiary/aromatic N) is 2. The number of methoxy groups -OCH3 is 2. The fourth-order valence-corrected chi connectivity index (χ4v) is 4.75. The van der Waals surface area contributed by atoms with Crippen molar-refractivity contribution in [3.05, 3.63) is 28.8 Å². The molecular weight excluding hydrogens is 446 g/mol. The minimum atomic E-state index is -0.827. The Morgan fingerprint density at radius 1 is 1.21 bits per heavy atom. The van der Waals surface area contributed by atoms with Gasteiger partial charge < -0.3 is 26.3 Å². The highest BCUT2D eigenvalue weighted by molar-refractivity contribution is 7.09. The van der Waals surface area contributed by atoms with Gasteiger partial charge >= 0.3 is 0 Å². The maximum Gasteiger partial charge on any atom is 0.272 e. The molecule has 0 radical (unpaired) electrons. The molecule has 1 aromatic carbocycles. The molecule has 2 aromatic rings. The van der Waals surface area contributed by atoms with Crippen molar-refractivity contribution in [3.8, 4) is 11.5 Å². The van der Waals surface area contributed by atoms with Gasteiger partial charge in [0, 0.05) is 17.8 Å². The molecule has 3 amide bonds. The molecular formula is C22H29N5O5S. The van der Waals surface area contributed by atoms with E-state index in [4.69, 9.17) is 20.9 Å². The SMILES string of the molecule is CC[C@@H](C(=O)NC1CCCC1)N(C(=O)c1snc(C(N)=O)c1N)c1ccc(OC)c(OC)c1. The summed E-state index contributed by atoms with van der Waals surface area (Å²) in [4.78, 5) is 40.0. The molecule has 1 aromatic heterocycles. The monoisotopic (exact) mass is 475 g/mol. The first-order chi connectivity index (χ1) is 15.8. The molecule has 1 fully saturated rings. The third kappa shape index (κ3) is 5.03. The van der Waals surface area contributed by atoms with Crippen molar-refractivity contribution in [1.29, 1.82) is 0 Å². The number of ether oxygens (including phenoxy) is 2. The van der Waals surface area contributed by atoms with Crippen molar-refractivity contribution >= 4 is 40.6 Å². The highest BCUT2D eigenvalue weighted by Crippen LogP contribution is 2.35. The molecule has 5 N–H and O–H groups in total. The van der Waals surface area contributed by atoms with Crippen LogP contribution in [0.15, 0.2) is 18.2 Å². The first kappa shape index (κ1) is 24.3. The summed E-state index contributed by atoms with van der Waals surface area (Å²) in [5.74, 6) is -0.769. The number of benzene rings is 1. The van der Waals surface area contributed by atoms with E-state index in [2.05, 4.69) is 9.69 Å². The second-order valence-electron chi connectivity index (χ2n) is 7.77. The smallest absolute Gasteiger partial charge is 0.272 e. The van der Waals surface area contributed by atoms with Crippen molar-refractivity contribution < 1.29 is 23.9 Å². The van der Waals surface area contributed by atoms with Crippen LogP contribution in [0.25, 0.3) is 0 Å². The van der Waals surface area contributed by atoms with Gasteiger partial charge in [0.1, 0.15) is 10.9 Å². The Kier molecular flexibility index (Phi) is 7.75. The summed E-state index contributed by atoms with van der Waals surface area (Å²) < 4.78 is 14.6. The molecule has 0 saturated heterocycles. The van der Waals surface area contributed by atoms with Crippen molar-refractivity contribution in [2.24, 2.45) is 5.73 Å². The Morgan fingerprint density at radius 2 is 1.88 bits per heavy atom. The fourth-order valence-electron chi connectivity index (χ4n) is 4.00. The van der Waals surface area contributed by atoms with Gasteiger partial charge in [-0.15, -0.1) is 0 Å². The second kappa shape index (κ2) is 10.5. The van der Waals surface area contributed by atoms with E-state index in [0.717, 1.165) is 37.2 Å². The van der Waals surface area contributed by atoms with Crippen molar-refractivity contribution in [2.45, 2.75) is 51.1 Å². The van der Waals surface area contributed by atoms with E-state index in [1.54, 1.807) is 18.2 Å². The van der Waals surface area contributed by atoms with Crippen LogP contribution in [-0.2, 0) is 4.79 Å². The zero-order valence-corrected chi connectivity index (χ0v) is 19.7. The molecule has 0 bridgehead atoms. The molecule has 3 rings (SSSR count). The Hall–Kier alpha value is -3.34. The van der Waals surface area contributed by atoms with E-state index >= 15 is 0 Å². The van der Waals surface area contributed by atoms with E-state index in [-0.39, 0.29) is 28.2 Å². The second-order valence-corrected chi connectivity index (χ2v) is 8.54. The molecule has 1 saturated carbocycles. The number of hydrogen-bond acceptors (Lipinski definition) is 8. The number of rotatable bonds is 9. The summed E-state index contributed by atoms with van der Waals surface area (Å²) in [5, 5.41) is 3.07. The predicted octanol–water partition coefficient (Wildman–Crippen LogP) is 2.33. The molecule has 1 aliphatic rings. The zero-order valence-electron chi connectivity index (χ0n) is 18.9. The van der Waals surface area contributed by atoms with E-state index < -0.39 is 17.9 Å². The van der Waals surface area contributed by atoms with Crippen molar-refractivity contribution in [3.63, 3.8) is 0 Å². The standard InChI is InChI=1S/C22H29N5O5S/c1-4-14(21(29)25-12-7-5-6-8-12)27(13-9-10-15(31-2)16(11-13)32-3)22(30)19-17(23)18(20(24)28)26-33-19/h9-12,14H,4-8,23H2,1-3H3,(H2,24,28)(H,25,29)/t14-/m0/s1.